The Morgan fingerprint density at radius 3 is 2.34 bits per heavy atom. The van der Waals surface area contributed by atoms with Crippen molar-refractivity contribution in [2.75, 3.05) is 11.9 Å². The molecule has 0 aliphatic heterocycles. The van der Waals surface area contributed by atoms with E-state index in [0.29, 0.717) is 12.8 Å². The van der Waals surface area contributed by atoms with Crippen molar-refractivity contribution in [3.8, 4) is 11.1 Å². The average molecular weight is 476 g/mol. The van der Waals surface area contributed by atoms with Gasteiger partial charge in [0.1, 0.15) is 6.61 Å². The topological polar surface area (TPSA) is 146 Å². The van der Waals surface area contributed by atoms with Gasteiger partial charge >= 0.3 is 12.1 Å². The molecule has 2 aliphatic rings. The van der Waals surface area contributed by atoms with Crippen LogP contribution in [0.3, 0.4) is 0 Å². The van der Waals surface area contributed by atoms with Crippen LogP contribution in [-0.4, -0.2) is 50.9 Å². The summed E-state index contributed by atoms with van der Waals surface area (Å²) in [6.07, 6.45) is 2.03. The number of carbonyl (C=O) groups is 3. The van der Waals surface area contributed by atoms with E-state index >= 15 is 0 Å². The fourth-order valence-corrected chi connectivity index (χ4v) is 4.98. The number of amides is 2. The number of nitrogens with one attached hydrogen (secondary N) is 3. The van der Waals surface area contributed by atoms with Crippen molar-refractivity contribution in [1.82, 2.24) is 20.5 Å². The number of hydrogen-bond donors (Lipinski definition) is 4. The van der Waals surface area contributed by atoms with Gasteiger partial charge in [0, 0.05) is 12.0 Å². The molecule has 0 saturated heterocycles. The lowest BCUT2D eigenvalue weighted by Gasteiger charge is -2.28. The van der Waals surface area contributed by atoms with E-state index in [4.69, 9.17) is 4.74 Å². The lowest BCUT2D eigenvalue weighted by Crippen LogP contribution is -2.45. The number of carboxylic acids is 1. The molecule has 35 heavy (non-hydrogen) atoms. The smallest absolute Gasteiger partial charge is 0.414 e. The first-order valence-corrected chi connectivity index (χ1v) is 11.6. The summed E-state index contributed by atoms with van der Waals surface area (Å²) >= 11 is 0. The lowest BCUT2D eigenvalue weighted by molar-refractivity contribution is -0.143. The molecule has 2 atom stereocenters. The number of aromatic nitrogens is 3. The van der Waals surface area contributed by atoms with Gasteiger partial charge in [0.05, 0.1) is 5.92 Å². The Kier molecular flexibility index (Phi) is 6.17. The Labute approximate surface area is 201 Å². The molecule has 5 rings (SSSR count). The highest BCUT2D eigenvalue weighted by Crippen LogP contribution is 2.44. The molecule has 1 heterocycles. The molecular weight excluding hydrogens is 450 g/mol. The Morgan fingerprint density at radius 2 is 1.66 bits per heavy atom. The maximum absolute atomic E-state index is 12.5. The third-order valence-corrected chi connectivity index (χ3v) is 6.66. The lowest BCUT2D eigenvalue weighted by atomic mass is 9.84. The Hall–Kier alpha value is -4.21. The van der Waals surface area contributed by atoms with Crippen LogP contribution in [-0.2, 0) is 9.53 Å². The highest BCUT2D eigenvalue weighted by molar-refractivity contribution is 5.92. The number of rotatable bonds is 6. The molecule has 0 unspecified atom stereocenters. The van der Waals surface area contributed by atoms with Crippen LogP contribution in [0.15, 0.2) is 48.5 Å². The molecule has 4 N–H and O–H groups in total. The van der Waals surface area contributed by atoms with Gasteiger partial charge < -0.3 is 15.2 Å². The molecule has 0 bridgehead atoms. The zero-order chi connectivity index (χ0) is 24.4. The van der Waals surface area contributed by atoms with Gasteiger partial charge in [-0.2, -0.15) is 4.98 Å². The second kappa shape index (κ2) is 9.57. The van der Waals surface area contributed by atoms with E-state index in [9.17, 15) is 19.5 Å². The van der Waals surface area contributed by atoms with Gasteiger partial charge in [-0.25, -0.2) is 4.79 Å². The number of aromatic amines is 1. The summed E-state index contributed by atoms with van der Waals surface area (Å²) in [6.45, 7) is 0.135. The molecule has 1 fully saturated rings. The summed E-state index contributed by atoms with van der Waals surface area (Å²) in [4.78, 5) is 40.4. The second-order valence-corrected chi connectivity index (χ2v) is 8.77. The van der Waals surface area contributed by atoms with E-state index in [1.807, 2.05) is 36.4 Å². The number of anilines is 1. The van der Waals surface area contributed by atoms with Crippen molar-refractivity contribution in [2.45, 2.75) is 37.6 Å². The van der Waals surface area contributed by atoms with Crippen LogP contribution in [0.1, 0.15) is 53.3 Å². The number of nitrogens with zero attached hydrogens (tertiary/aromatic N) is 2. The molecule has 10 nitrogen and oxygen atoms in total. The highest BCUT2D eigenvalue weighted by Gasteiger charge is 2.33. The molecule has 2 amide bonds. The van der Waals surface area contributed by atoms with Gasteiger partial charge in [-0.3, -0.25) is 20.0 Å². The van der Waals surface area contributed by atoms with Gasteiger partial charge in [-0.05, 0) is 35.1 Å². The van der Waals surface area contributed by atoms with E-state index in [1.54, 1.807) is 0 Å². The minimum Gasteiger partial charge on any atom is -0.481 e. The molecule has 0 radical (unpaired) electrons. The molecule has 180 valence electrons. The summed E-state index contributed by atoms with van der Waals surface area (Å²) < 4.78 is 5.47. The minimum atomic E-state index is -0.926. The van der Waals surface area contributed by atoms with Crippen molar-refractivity contribution >= 4 is 23.9 Å². The zero-order valence-corrected chi connectivity index (χ0v) is 18.9. The number of aliphatic carboxylic acids is 1. The van der Waals surface area contributed by atoms with E-state index < -0.39 is 29.9 Å². The molecular formula is C25H25N5O5. The van der Waals surface area contributed by atoms with Gasteiger partial charge in [-0.15, -0.1) is 5.10 Å². The van der Waals surface area contributed by atoms with E-state index in [0.717, 1.165) is 35.1 Å². The quantitative estimate of drug-likeness (QED) is 0.426. The summed E-state index contributed by atoms with van der Waals surface area (Å²) in [5, 5.41) is 20.9. The normalized spacial score (nSPS) is 18.9. The van der Waals surface area contributed by atoms with Gasteiger partial charge in [0.15, 0.2) is 0 Å². The molecule has 1 aromatic heterocycles. The third kappa shape index (κ3) is 4.59. The van der Waals surface area contributed by atoms with Crippen LogP contribution in [0, 0.1) is 5.92 Å². The van der Waals surface area contributed by atoms with Crippen LogP contribution in [0.25, 0.3) is 11.1 Å². The molecule has 2 aromatic carbocycles. The van der Waals surface area contributed by atoms with Crippen LogP contribution in [0.4, 0.5) is 10.7 Å². The van der Waals surface area contributed by atoms with Gasteiger partial charge in [0.2, 0.25) is 5.82 Å². The first kappa shape index (κ1) is 22.6. The fourth-order valence-electron chi connectivity index (χ4n) is 4.98. The van der Waals surface area contributed by atoms with E-state index in [-0.39, 0.29) is 24.3 Å². The largest absolute Gasteiger partial charge is 0.481 e. The first-order chi connectivity index (χ1) is 17.0. The SMILES string of the molecule is O=C(Nc1n[nH]c(C(=O)N[C@@H]2CCCC[C@@H]2C(=O)O)n1)OCC1c2ccccc2-c2ccccc21. The van der Waals surface area contributed by atoms with Crippen molar-refractivity contribution in [2.24, 2.45) is 5.92 Å². The number of carbonyl (C=O) groups excluding carboxylic acids is 2. The molecule has 10 heteroatoms. The summed E-state index contributed by atoms with van der Waals surface area (Å²) in [5.41, 5.74) is 4.45. The average Bonchev–Trinajstić information content (AvgIpc) is 3.46. The molecule has 3 aromatic rings. The number of H-pyrrole nitrogens is 1. The minimum absolute atomic E-state index is 0.0840. The molecule has 0 spiro atoms. The number of carboxylic acid groups (broad SMARTS) is 1. The standard InChI is InChI=1S/C25H25N5O5/c31-22(26-20-12-6-5-11-18(20)23(32)33)21-27-24(30-29-21)28-25(34)35-13-19-16-9-3-1-7-14(16)15-8-2-4-10-17(15)19/h1-4,7-10,18-20H,5-6,11-13H2,(H,26,31)(H,32,33)(H2,27,28,29,30,34)/t18-,20+/m0/s1. The van der Waals surface area contributed by atoms with Crippen molar-refractivity contribution in [3.63, 3.8) is 0 Å². The van der Waals surface area contributed by atoms with Gasteiger partial charge in [-0.1, -0.05) is 61.4 Å². The predicted octanol–water partition coefficient (Wildman–Crippen LogP) is 3.54. The van der Waals surface area contributed by atoms with Crippen LogP contribution < -0.4 is 10.6 Å². The van der Waals surface area contributed by atoms with Crippen LogP contribution in [0.2, 0.25) is 0 Å². The second-order valence-electron chi connectivity index (χ2n) is 8.77. The van der Waals surface area contributed by atoms with E-state index in [2.05, 4.69) is 37.9 Å². The third-order valence-electron chi connectivity index (χ3n) is 6.66. The highest BCUT2D eigenvalue weighted by atomic mass is 16.5. The summed E-state index contributed by atoms with van der Waals surface area (Å²) in [5.74, 6) is -2.44. The Morgan fingerprint density at radius 1 is 1.00 bits per heavy atom. The predicted molar refractivity (Wildman–Crippen MR) is 126 cm³/mol. The van der Waals surface area contributed by atoms with Crippen LogP contribution in [0.5, 0.6) is 0 Å². The Bertz CT molecular complexity index is 1230. The van der Waals surface area contributed by atoms with E-state index in [1.165, 1.54) is 0 Å². The number of fused-ring (bicyclic) bond motifs is 3. The summed E-state index contributed by atoms with van der Waals surface area (Å²) in [7, 11) is 0. The first-order valence-electron chi connectivity index (χ1n) is 11.6. The molecule has 1 saturated carbocycles. The van der Waals surface area contributed by atoms with Crippen molar-refractivity contribution < 1.29 is 24.2 Å². The summed E-state index contributed by atoms with van der Waals surface area (Å²) in [6, 6.07) is 15.6. The maximum Gasteiger partial charge on any atom is 0.414 e. The van der Waals surface area contributed by atoms with Crippen molar-refractivity contribution in [3.05, 3.63) is 65.5 Å². The Balaban J connectivity index is 1.19. The molecule has 2 aliphatic carbocycles. The van der Waals surface area contributed by atoms with Gasteiger partial charge in [0.25, 0.3) is 11.9 Å². The number of hydrogen-bond acceptors (Lipinski definition) is 6. The van der Waals surface area contributed by atoms with Crippen LogP contribution >= 0.6 is 0 Å². The number of benzene rings is 2. The fraction of sp³-hybridized carbons (Fsp3) is 0.320. The number of ether oxygens (including phenoxy) is 1. The maximum atomic E-state index is 12.5. The zero-order valence-electron chi connectivity index (χ0n) is 18.9. The van der Waals surface area contributed by atoms with Crippen molar-refractivity contribution in [1.29, 1.82) is 0 Å². The monoisotopic (exact) mass is 475 g/mol.